The normalized spacial score (nSPS) is 10.3. The molecule has 0 heterocycles. The number of ketones is 1. The minimum atomic E-state index is -0.384. The van der Waals surface area contributed by atoms with Gasteiger partial charge in [-0.1, -0.05) is 12.1 Å². The van der Waals surface area contributed by atoms with Crippen molar-refractivity contribution in [1.29, 1.82) is 0 Å². The number of hydrogen-bond donors (Lipinski definition) is 0. The molecule has 0 fully saturated rings. The molecule has 2 aromatic carbocycles. The zero-order chi connectivity index (χ0) is 14.0. The lowest BCUT2D eigenvalue weighted by Crippen LogP contribution is -1.95. The number of benzene rings is 2. The Morgan fingerprint density at radius 1 is 1.21 bits per heavy atom. The molecule has 0 saturated heterocycles. The van der Waals surface area contributed by atoms with Gasteiger partial charge in [0.25, 0.3) is 0 Å². The first-order chi connectivity index (χ1) is 8.99. The number of rotatable bonds is 3. The summed E-state index contributed by atoms with van der Waals surface area (Å²) in [5.41, 5.74) is 1.10. The molecule has 0 aliphatic rings. The second-order valence-corrected chi connectivity index (χ2v) is 5.04. The van der Waals surface area contributed by atoms with Crippen molar-refractivity contribution in [1.82, 2.24) is 0 Å². The van der Waals surface area contributed by atoms with Crippen LogP contribution in [0.4, 0.5) is 4.39 Å². The number of Topliss-reactive ketones (excluding diaryl/α,β-unsaturated/α-hetero) is 1. The van der Waals surface area contributed by atoms with E-state index in [2.05, 4.69) is 15.9 Å². The molecule has 0 N–H and O–H groups in total. The van der Waals surface area contributed by atoms with Gasteiger partial charge in [-0.25, -0.2) is 4.39 Å². The number of hydrogen-bond acceptors (Lipinski definition) is 2. The van der Waals surface area contributed by atoms with E-state index in [4.69, 9.17) is 4.74 Å². The first-order valence-corrected chi connectivity index (χ1v) is 6.52. The summed E-state index contributed by atoms with van der Waals surface area (Å²) in [6.45, 7) is 3.17. The van der Waals surface area contributed by atoms with Crippen molar-refractivity contribution < 1.29 is 13.9 Å². The third-order valence-corrected chi connectivity index (χ3v) is 3.33. The van der Waals surface area contributed by atoms with Gasteiger partial charge in [-0.15, -0.1) is 0 Å². The van der Waals surface area contributed by atoms with E-state index in [-0.39, 0.29) is 17.3 Å². The zero-order valence-corrected chi connectivity index (χ0v) is 12.1. The van der Waals surface area contributed by atoms with E-state index in [0.29, 0.717) is 21.3 Å². The first-order valence-electron chi connectivity index (χ1n) is 5.72. The molecule has 0 saturated carbocycles. The van der Waals surface area contributed by atoms with E-state index in [0.717, 1.165) is 0 Å². The van der Waals surface area contributed by atoms with Crippen LogP contribution in [-0.2, 0) is 0 Å². The van der Waals surface area contributed by atoms with Crippen LogP contribution < -0.4 is 4.74 Å². The van der Waals surface area contributed by atoms with Gasteiger partial charge in [-0.05, 0) is 59.6 Å². The van der Waals surface area contributed by atoms with E-state index >= 15 is 0 Å². The maximum absolute atomic E-state index is 13.8. The molecule has 2 nitrogen and oxygen atoms in total. The monoisotopic (exact) mass is 322 g/mol. The van der Waals surface area contributed by atoms with Gasteiger partial charge in [0.05, 0.1) is 4.47 Å². The number of halogens is 2. The van der Waals surface area contributed by atoms with Crippen LogP contribution in [0.5, 0.6) is 11.5 Å². The van der Waals surface area contributed by atoms with E-state index in [1.807, 2.05) is 0 Å². The summed E-state index contributed by atoms with van der Waals surface area (Å²) in [5.74, 6) is 0.213. The summed E-state index contributed by atoms with van der Waals surface area (Å²) >= 11 is 3.32. The Morgan fingerprint density at radius 2 is 1.95 bits per heavy atom. The molecule has 0 aliphatic carbocycles. The minimum absolute atomic E-state index is 0.0333. The predicted molar refractivity (Wildman–Crippen MR) is 75.4 cm³/mol. The fourth-order valence-corrected chi connectivity index (χ4v) is 2.08. The maximum Gasteiger partial charge on any atom is 0.168 e. The third-order valence-electron chi connectivity index (χ3n) is 2.71. The first kappa shape index (κ1) is 13.7. The topological polar surface area (TPSA) is 26.3 Å². The molecule has 0 spiro atoms. The smallest absolute Gasteiger partial charge is 0.168 e. The molecule has 98 valence electrons. The van der Waals surface area contributed by atoms with Gasteiger partial charge in [0.15, 0.2) is 17.3 Å². The van der Waals surface area contributed by atoms with Crippen LogP contribution >= 0.6 is 15.9 Å². The van der Waals surface area contributed by atoms with Gasteiger partial charge in [-0.3, -0.25) is 4.79 Å². The van der Waals surface area contributed by atoms with Crippen molar-refractivity contribution >= 4 is 21.7 Å². The van der Waals surface area contributed by atoms with Crippen LogP contribution in [0.15, 0.2) is 40.9 Å². The average molecular weight is 323 g/mol. The highest BCUT2D eigenvalue weighted by Gasteiger charge is 2.10. The summed E-state index contributed by atoms with van der Waals surface area (Å²) in [4.78, 5) is 11.2. The minimum Gasteiger partial charge on any atom is -0.453 e. The van der Waals surface area contributed by atoms with E-state index in [1.54, 1.807) is 43.3 Å². The van der Waals surface area contributed by atoms with Crippen molar-refractivity contribution in [2.45, 2.75) is 13.8 Å². The number of ether oxygens (including phenoxy) is 1. The number of carbonyl (C=O) groups excluding carboxylic acids is 1. The van der Waals surface area contributed by atoms with Gasteiger partial charge in [-0.2, -0.15) is 0 Å². The average Bonchev–Trinajstić information content (AvgIpc) is 2.37. The van der Waals surface area contributed by atoms with Crippen molar-refractivity contribution in [3.63, 3.8) is 0 Å². The Balaban J connectivity index is 2.34. The lowest BCUT2D eigenvalue weighted by atomic mass is 10.1. The zero-order valence-electron chi connectivity index (χ0n) is 10.5. The quantitative estimate of drug-likeness (QED) is 0.752. The second-order valence-electron chi connectivity index (χ2n) is 4.19. The molecule has 0 aromatic heterocycles. The molecule has 0 aliphatic heterocycles. The predicted octanol–water partition coefficient (Wildman–Crippen LogP) is 4.89. The lowest BCUT2D eigenvalue weighted by molar-refractivity contribution is 0.101. The molecule has 0 bridgehead atoms. The molecule has 2 aromatic rings. The summed E-state index contributed by atoms with van der Waals surface area (Å²) in [6, 6.07) is 9.92. The van der Waals surface area contributed by atoms with Crippen molar-refractivity contribution in [3.05, 3.63) is 57.8 Å². The van der Waals surface area contributed by atoms with Gasteiger partial charge >= 0.3 is 0 Å². The molecule has 0 atom stereocenters. The summed E-state index contributed by atoms with van der Waals surface area (Å²) < 4.78 is 20.0. The molecular formula is C15H12BrFO2. The Hall–Kier alpha value is -1.68. The number of aryl methyl sites for hydroxylation is 1. The summed E-state index contributed by atoms with van der Waals surface area (Å²) in [7, 11) is 0. The van der Waals surface area contributed by atoms with E-state index in [9.17, 15) is 9.18 Å². The lowest BCUT2D eigenvalue weighted by Gasteiger charge is -2.10. The van der Waals surface area contributed by atoms with Crippen molar-refractivity contribution in [2.75, 3.05) is 0 Å². The molecule has 0 amide bonds. The van der Waals surface area contributed by atoms with Crippen LogP contribution in [0.25, 0.3) is 0 Å². The molecule has 19 heavy (non-hydrogen) atoms. The maximum atomic E-state index is 13.8. The molecular weight excluding hydrogens is 311 g/mol. The van der Waals surface area contributed by atoms with Gasteiger partial charge in [0.2, 0.25) is 0 Å². The fraction of sp³-hybridized carbons (Fsp3) is 0.133. The van der Waals surface area contributed by atoms with E-state index in [1.165, 1.54) is 6.92 Å². The van der Waals surface area contributed by atoms with E-state index < -0.39 is 0 Å². The van der Waals surface area contributed by atoms with Crippen LogP contribution in [0.3, 0.4) is 0 Å². The van der Waals surface area contributed by atoms with Gasteiger partial charge in [0.1, 0.15) is 5.75 Å². The Bertz CT molecular complexity index is 638. The largest absolute Gasteiger partial charge is 0.453 e. The molecule has 0 unspecified atom stereocenters. The number of carbonyl (C=O) groups is 1. The van der Waals surface area contributed by atoms with Crippen LogP contribution in [0.1, 0.15) is 22.8 Å². The molecule has 0 radical (unpaired) electrons. The van der Waals surface area contributed by atoms with Gasteiger partial charge in [0, 0.05) is 5.56 Å². The highest BCUT2D eigenvalue weighted by Crippen LogP contribution is 2.32. The van der Waals surface area contributed by atoms with Crippen molar-refractivity contribution in [3.8, 4) is 11.5 Å². The van der Waals surface area contributed by atoms with Crippen LogP contribution in [0, 0.1) is 12.7 Å². The Morgan fingerprint density at radius 3 is 2.58 bits per heavy atom. The van der Waals surface area contributed by atoms with Gasteiger partial charge < -0.3 is 4.74 Å². The Labute approximate surface area is 119 Å². The standard InChI is InChI=1S/C15H12BrFO2/c1-9-4-3-5-14(15(9)17)19-13-7-6-11(10(2)18)8-12(13)16/h3-8H,1-2H3. The highest BCUT2D eigenvalue weighted by molar-refractivity contribution is 9.10. The third kappa shape index (κ3) is 3.01. The van der Waals surface area contributed by atoms with Crippen LogP contribution in [-0.4, -0.2) is 5.78 Å². The second kappa shape index (κ2) is 5.53. The molecule has 2 rings (SSSR count). The van der Waals surface area contributed by atoms with Crippen molar-refractivity contribution in [2.24, 2.45) is 0 Å². The highest BCUT2D eigenvalue weighted by atomic mass is 79.9. The molecule has 4 heteroatoms. The van der Waals surface area contributed by atoms with Crippen LogP contribution in [0.2, 0.25) is 0 Å². The summed E-state index contributed by atoms with van der Waals surface area (Å²) in [5, 5.41) is 0. The Kier molecular flexibility index (Phi) is 4.00. The fourth-order valence-electron chi connectivity index (χ4n) is 1.62. The SMILES string of the molecule is CC(=O)c1ccc(Oc2cccc(C)c2F)c(Br)c1. The summed E-state index contributed by atoms with van der Waals surface area (Å²) in [6.07, 6.45) is 0.